The Morgan fingerprint density at radius 3 is 2.53 bits per heavy atom. The Morgan fingerprint density at radius 1 is 1.40 bits per heavy atom. The summed E-state index contributed by atoms with van der Waals surface area (Å²) in [7, 11) is 3.89. The molecule has 2 fully saturated rings. The number of carbonyl (C=O) groups is 1. The van der Waals surface area contributed by atoms with E-state index < -0.39 is 0 Å². The summed E-state index contributed by atoms with van der Waals surface area (Å²) in [4.78, 5) is 15.6. The molecule has 1 saturated carbocycles. The van der Waals surface area contributed by atoms with Gasteiger partial charge in [0, 0.05) is 19.5 Å². The average molecular weight is 212 g/mol. The second-order valence-electron chi connectivity index (χ2n) is 5.04. The van der Waals surface area contributed by atoms with E-state index in [1.54, 1.807) is 0 Å². The van der Waals surface area contributed by atoms with E-state index in [2.05, 4.69) is 0 Å². The van der Waals surface area contributed by atoms with Gasteiger partial charge in [-0.3, -0.25) is 4.79 Å². The van der Waals surface area contributed by atoms with Crippen LogP contribution in [0.1, 0.15) is 19.3 Å². The summed E-state index contributed by atoms with van der Waals surface area (Å²) < 4.78 is 0. The van der Waals surface area contributed by atoms with E-state index in [0.717, 1.165) is 0 Å². The summed E-state index contributed by atoms with van der Waals surface area (Å²) in [5.74, 6) is 0.856. The lowest BCUT2D eigenvalue weighted by molar-refractivity contribution is -0.130. The molecule has 0 spiro atoms. The quantitative estimate of drug-likeness (QED) is 0.711. The van der Waals surface area contributed by atoms with Crippen molar-refractivity contribution in [2.45, 2.75) is 31.4 Å². The molecule has 0 aromatic rings. The van der Waals surface area contributed by atoms with Gasteiger partial charge in [0.25, 0.3) is 0 Å². The lowest BCUT2D eigenvalue weighted by atomic mass is 10.2. The number of nitrogens with zero attached hydrogens (tertiary/aromatic N) is 2. The van der Waals surface area contributed by atoms with E-state index in [1.807, 2.05) is 23.9 Å². The maximum Gasteiger partial charge on any atom is 0.222 e. The standard InChI is InChI=1S/C11H20N2O2/c1-12(2)9-6-13(7-10(9)14)11(15)5-8-3-4-8/h8-10,14H,3-7H2,1-2H3/t9-,10-/m1/s1. The van der Waals surface area contributed by atoms with Gasteiger partial charge in [0.1, 0.15) is 0 Å². The number of hydrogen-bond donors (Lipinski definition) is 1. The minimum atomic E-state index is -0.386. The molecule has 2 aliphatic rings. The third kappa shape index (κ3) is 2.49. The van der Waals surface area contributed by atoms with Crippen molar-refractivity contribution in [3.8, 4) is 0 Å². The van der Waals surface area contributed by atoms with Gasteiger partial charge in [-0.05, 0) is 32.9 Å². The van der Waals surface area contributed by atoms with Crippen molar-refractivity contribution in [2.75, 3.05) is 27.2 Å². The normalized spacial score (nSPS) is 31.3. The van der Waals surface area contributed by atoms with E-state index in [-0.39, 0.29) is 18.1 Å². The molecule has 1 aliphatic heterocycles. The summed E-state index contributed by atoms with van der Waals surface area (Å²) in [5.41, 5.74) is 0. The fourth-order valence-electron chi connectivity index (χ4n) is 2.18. The molecule has 1 N–H and O–H groups in total. The van der Waals surface area contributed by atoms with Crippen molar-refractivity contribution in [3.63, 3.8) is 0 Å². The van der Waals surface area contributed by atoms with Crippen LogP contribution >= 0.6 is 0 Å². The molecule has 2 atom stereocenters. The minimum absolute atomic E-state index is 0.105. The molecule has 86 valence electrons. The molecule has 0 bridgehead atoms. The van der Waals surface area contributed by atoms with Crippen molar-refractivity contribution >= 4 is 5.91 Å². The van der Waals surface area contributed by atoms with Gasteiger partial charge in [-0.1, -0.05) is 0 Å². The van der Waals surface area contributed by atoms with Crippen molar-refractivity contribution in [2.24, 2.45) is 5.92 Å². The fraction of sp³-hybridized carbons (Fsp3) is 0.909. The number of amides is 1. The van der Waals surface area contributed by atoms with Gasteiger partial charge in [-0.15, -0.1) is 0 Å². The predicted octanol–water partition coefficient (Wildman–Crippen LogP) is -0.0802. The number of rotatable bonds is 3. The Hall–Kier alpha value is -0.610. The molecule has 1 amide bonds. The van der Waals surface area contributed by atoms with Gasteiger partial charge < -0.3 is 14.9 Å². The summed E-state index contributed by atoms with van der Waals surface area (Å²) in [5, 5.41) is 9.79. The third-order valence-electron chi connectivity index (χ3n) is 3.44. The smallest absolute Gasteiger partial charge is 0.222 e. The van der Waals surface area contributed by atoms with Gasteiger partial charge in [0.05, 0.1) is 12.1 Å². The van der Waals surface area contributed by atoms with Crippen LogP contribution in [0.2, 0.25) is 0 Å². The number of aliphatic hydroxyl groups is 1. The maximum atomic E-state index is 11.8. The van der Waals surface area contributed by atoms with Gasteiger partial charge in [0.15, 0.2) is 0 Å². The van der Waals surface area contributed by atoms with Crippen LogP contribution in [-0.4, -0.2) is 60.1 Å². The number of likely N-dealkylation sites (N-methyl/N-ethyl adjacent to an activating group) is 1. The zero-order chi connectivity index (χ0) is 11.0. The molecule has 15 heavy (non-hydrogen) atoms. The number of hydrogen-bond acceptors (Lipinski definition) is 3. The number of carbonyl (C=O) groups excluding carboxylic acids is 1. The van der Waals surface area contributed by atoms with Crippen molar-refractivity contribution in [3.05, 3.63) is 0 Å². The first-order valence-corrected chi connectivity index (χ1v) is 5.70. The molecule has 1 aliphatic carbocycles. The van der Waals surface area contributed by atoms with Gasteiger partial charge in [-0.2, -0.15) is 0 Å². The van der Waals surface area contributed by atoms with Crippen molar-refractivity contribution in [1.82, 2.24) is 9.80 Å². The Labute approximate surface area is 90.9 Å². The Balaban J connectivity index is 1.86. The Morgan fingerprint density at radius 2 is 2.07 bits per heavy atom. The highest BCUT2D eigenvalue weighted by Gasteiger charge is 2.36. The average Bonchev–Trinajstić information content (AvgIpc) is 2.86. The highest BCUT2D eigenvalue weighted by atomic mass is 16.3. The molecule has 0 radical (unpaired) electrons. The second kappa shape index (κ2) is 4.10. The third-order valence-corrected chi connectivity index (χ3v) is 3.44. The fourth-order valence-corrected chi connectivity index (χ4v) is 2.18. The maximum absolute atomic E-state index is 11.8. The summed E-state index contributed by atoms with van der Waals surface area (Å²) in [6.45, 7) is 1.19. The molecule has 0 unspecified atom stereocenters. The first-order valence-electron chi connectivity index (χ1n) is 5.70. The first-order chi connectivity index (χ1) is 7.08. The minimum Gasteiger partial charge on any atom is -0.390 e. The van der Waals surface area contributed by atoms with E-state index in [4.69, 9.17) is 0 Å². The van der Waals surface area contributed by atoms with Crippen LogP contribution in [0.25, 0.3) is 0 Å². The summed E-state index contributed by atoms with van der Waals surface area (Å²) >= 11 is 0. The van der Waals surface area contributed by atoms with Gasteiger partial charge in [-0.25, -0.2) is 0 Å². The molecule has 0 aromatic carbocycles. The predicted molar refractivity (Wildman–Crippen MR) is 57.4 cm³/mol. The van der Waals surface area contributed by atoms with Crippen LogP contribution in [0, 0.1) is 5.92 Å². The SMILES string of the molecule is CN(C)[C@@H]1CN(C(=O)CC2CC2)C[C@H]1O. The molecular formula is C11H20N2O2. The Bertz CT molecular complexity index is 251. The van der Waals surface area contributed by atoms with E-state index in [9.17, 15) is 9.90 Å². The Kier molecular flexibility index (Phi) is 2.98. The molecule has 4 nitrogen and oxygen atoms in total. The summed E-state index contributed by atoms with van der Waals surface area (Å²) in [6, 6.07) is 0.105. The second-order valence-corrected chi connectivity index (χ2v) is 5.04. The lowest BCUT2D eigenvalue weighted by Gasteiger charge is -2.21. The van der Waals surface area contributed by atoms with Gasteiger partial charge in [0.2, 0.25) is 5.91 Å². The van der Waals surface area contributed by atoms with Crippen molar-refractivity contribution in [1.29, 1.82) is 0 Å². The van der Waals surface area contributed by atoms with E-state index in [1.165, 1.54) is 12.8 Å². The topological polar surface area (TPSA) is 43.8 Å². The first kappa shape index (κ1) is 10.9. The molecule has 0 aromatic heterocycles. The molecule has 2 rings (SSSR count). The van der Waals surface area contributed by atoms with Crippen LogP contribution in [0.5, 0.6) is 0 Å². The van der Waals surface area contributed by atoms with E-state index in [0.29, 0.717) is 25.4 Å². The number of likely N-dealkylation sites (tertiary alicyclic amines) is 1. The van der Waals surface area contributed by atoms with Crippen LogP contribution in [0.4, 0.5) is 0 Å². The number of aliphatic hydroxyl groups excluding tert-OH is 1. The zero-order valence-corrected chi connectivity index (χ0v) is 9.52. The van der Waals surface area contributed by atoms with E-state index >= 15 is 0 Å². The molecule has 1 heterocycles. The van der Waals surface area contributed by atoms with Crippen LogP contribution in [-0.2, 0) is 4.79 Å². The van der Waals surface area contributed by atoms with Crippen LogP contribution in [0.3, 0.4) is 0 Å². The highest BCUT2D eigenvalue weighted by molar-refractivity contribution is 5.77. The zero-order valence-electron chi connectivity index (χ0n) is 9.52. The highest BCUT2D eigenvalue weighted by Crippen LogP contribution is 2.33. The number of β-amino-alcohol motifs (C(OH)–C–C–N with tert-alkyl or cyclic N) is 1. The largest absolute Gasteiger partial charge is 0.390 e. The van der Waals surface area contributed by atoms with Crippen LogP contribution < -0.4 is 0 Å². The van der Waals surface area contributed by atoms with Gasteiger partial charge >= 0.3 is 0 Å². The van der Waals surface area contributed by atoms with Crippen LogP contribution in [0.15, 0.2) is 0 Å². The van der Waals surface area contributed by atoms with Crippen molar-refractivity contribution < 1.29 is 9.90 Å². The molecule has 1 saturated heterocycles. The lowest BCUT2D eigenvalue weighted by Crippen LogP contribution is -2.38. The monoisotopic (exact) mass is 212 g/mol. The molecule has 4 heteroatoms. The molecular weight excluding hydrogens is 192 g/mol. The summed E-state index contributed by atoms with van der Waals surface area (Å²) in [6.07, 6.45) is 2.72.